The highest BCUT2D eigenvalue weighted by atomic mass is 35.5. The van der Waals surface area contributed by atoms with E-state index in [1.807, 2.05) is 12.1 Å². The van der Waals surface area contributed by atoms with Gasteiger partial charge in [0.25, 0.3) is 0 Å². The lowest BCUT2D eigenvalue weighted by molar-refractivity contribution is 0.294. The molecule has 1 N–H and O–H groups in total. The Balaban J connectivity index is 2.71. The maximum absolute atomic E-state index is 6.26. The van der Waals surface area contributed by atoms with E-state index in [9.17, 15) is 0 Å². The molecule has 0 atom stereocenters. The first-order valence-corrected chi connectivity index (χ1v) is 7.30. The number of unbranched alkanes of at least 4 members (excludes halogenated alkanes) is 1. The smallest absolute Gasteiger partial charge is 0.179 e. The van der Waals surface area contributed by atoms with Gasteiger partial charge in [0.15, 0.2) is 11.5 Å². The monoisotopic (exact) mass is 285 g/mol. The summed E-state index contributed by atoms with van der Waals surface area (Å²) in [6.45, 7) is 6.70. The molecule has 19 heavy (non-hydrogen) atoms. The summed E-state index contributed by atoms with van der Waals surface area (Å²) >= 11 is 6.26. The second-order valence-electron chi connectivity index (χ2n) is 4.49. The Morgan fingerprint density at radius 2 is 2.00 bits per heavy atom. The molecule has 1 aromatic rings. The van der Waals surface area contributed by atoms with Gasteiger partial charge in [0.05, 0.1) is 18.7 Å². The van der Waals surface area contributed by atoms with E-state index in [0.29, 0.717) is 23.1 Å². The van der Waals surface area contributed by atoms with Gasteiger partial charge in [-0.2, -0.15) is 0 Å². The molecule has 0 aliphatic rings. The van der Waals surface area contributed by atoms with Crippen LogP contribution in [0.15, 0.2) is 12.1 Å². The van der Waals surface area contributed by atoms with Crippen LogP contribution in [-0.4, -0.2) is 20.3 Å². The van der Waals surface area contributed by atoms with E-state index < -0.39 is 0 Å². The van der Waals surface area contributed by atoms with Gasteiger partial charge in [-0.05, 0) is 37.1 Å². The Kier molecular flexibility index (Phi) is 7.68. The third-order valence-electron chi connectivity index (χ3n) is 2.78. The highest BCUT2D eigenvalue weighted by Gasteiger charge is 2.11. The molecule has 0 bridgehead atoms. The second-order valence-corrected chi connectivity index (χ2v) is 4.90. The normalized spacial score (nSPS) is 10.5. The molecule has 0 radical (unpaired) electrons. The highest BCUT2D eigenvalue weighted by molar-refractivity contribution is 6.32. The van der Waals surface area contributed by atoms with E-state index >= 15 is 0 Å². The molecule has 0 spiro atoms. The van der Waals surface area contributed by atoms with Gasteiger partial charge in [0, 0.05) is 6.54 Å². The van der Waals surface area contributed by atoms with Crippen LogP contribution in [0.25, 0.3) is 0 Å². The number of hydrogen-bond donors (Lipinski definition) is 1. The van der Waals surface area contributed by atoms with E-state index in [1.54, 1.807) is 7.11 Å². The third kappa shape index (κ3) is 5.29. The molecule has 0 heterocycles. The fourth-order valence-electron chi connectivity index (χ4n) is 1.75. The molecule has 0 saturated carbocycles. The molecular weight excluding hydrogens is 262 g/mol. The minimum Gasteiger partial charge on any atom is -0.493 e. The van der Waals surface area contributed by atoms with Crippen LogP contribution in [0.2, 0.25) is 5.02 Å². The van der Waals surface area contributed by atoms with Gasteiger partial charge >= 0.3 is 0 Å². The first kappa shape index (κ1) is 16.1. The lowest BCUT2D eigenvalue weighted by Crippen LogP contribution is -2.14. The second kappa shape index (κ2) is 9.05. The van der Waals surface area contributed by atoms with Crippen molar-refractivity contribution in [3.8, 4) is 11.5 Å². The molecule has 0 unspecified atom stereocenters. The van der Waals surface area contributed by atoms with Gasteiger partial charge in [-0.1, -0.05) is 31.9 Å². The van der Waals surface area contributed by atoms with Gasteiger partial charge in [-0.25, -0.2) is 0 Å². The van der Waals surface area contributed by atoms with Crippen molar-refractivity contribution in [3.05, 3.63) is 22.7 Å². The van der Waals surface area contributed by atoms with Gasteiger partial charge in [0.2, 0.25) is 0 Å². The maximum Gasteiger partial charge on any atom is 0.179 e. The molecule has 0 aromatic heterocycles. The molecule has 1 aromatic carbocycles. The van der Waals surface area contributed by atoms with E-state index in [2.05, 4.69) is 19.2 Å². The standard InChI is InChI=1S/C15H24ClNO2/c1-4-6-7-17-11-12-9-13(16)15(19-8-5-2)14(10-12)18-3/h9-10,17H,4-8,11H2,1-3H3. The summed E-state index contributed by atoms with van der Waals surface area (Å²) in [6, 6.07) is 3.92. The van der Waals surface area contributed by atoms with Crippen LogP contribution in [-0.2, 0) is 6.54 Å². The summed E-state index contributed by atoms with van der Waals surface area (Å²) in [5.41, 5.74) is 1.11. The van der Waals surface area contributed by atoms with E-state index in [4.69, 9.17) is 21.1 Å². The Labute approximate surface area is 121 Å². The van der Waals surface area contributed by atoms with Crippen molar-refractivity contribution in [3.63, 3.8) is 0 Å². The first-order chi connectivity index (χ1) is 9.22. The quantitative estimate of drug-likeness (QED) is 0.695. The van der Waals surface area contributed by atoms with E-state index in [1.165, 1.54) is 12.8 Å². The largest absolute Gasteiger partial charge is 0.493 e. The van der Waals surface area contributed by atoms with Crippen molar-refractivity contribution in [2.45, 2.75) is 39.7 Å². The number of rotatable bonds is 9. The van der Waals surface area contributed by atoms with E-state index in [0.717, 1.165) is 25.1 Å². The Morgan fingerprint density at radius 3 is 2.63 bits per heavy atom. The van der Waals surface area contributed by atoms with Gasteiger partial charge < -0.3 is 14.8 Å². The average molecular weight is 286 g/mol. The van der Waals surface area contributed by atoms with Crippen LogP contribution in [0, 0.1) is 0 Å². The van der Waals surface area contributed by atoms with Crippen LogP contribution in [0.5, 0.6) is 11.5 Å². The fourth-order valence-corrected chi connectivity index (χ4v) is 2.04. The van der Waals surface area contributed by atoms with Crippen molar-refractivity contribution < 1.29 is 9.47 Å². The number of ether oxygens (including phenoxy) is 2. The van der Waals surface area contributed by atoms with Crippen LogP contribution in [0.3, 0.4) is 0 Å². The van der Waals surface area contributed by atoms with Gasteiger partial charge in [-0.3, -0.25) is 0 Å². The molecule has 1 rings (SSSR count). The average Bonchev–Trinajstić information content (AvgIpc) is 2.42. The summed E-state index contributed by atoms with van der Waals surface area (Å²) in [7, 11) is 1.64. The van der Waals surface area contributed by atoms with Crippen molar-refractivity contribution in [1.82, 2.24) is 5.32 Å². The summed E-state index contributed by atoms with van der Waals surface area (Å²) in [5.74, 6) is 1.34. The summed E-state index contributed by atoms with van der Waals surface area (Å²) in [6.07, 6.45) is 3.32. The summed E-state index contributed by atoms with van der Waals surface area (Å²) in [5, 5.41) is 4.00. The molecule has 0 fully saturated rings. The summed E-state index contributed by atoms with van der Waals surface area (Å²) in [4.78, 5) is 0. The molecule has 108 valence electrons. The van der Waals surface area contributed by atoms with Crippen molar-refractivity contribution >= 4 is 11.6 Å². The predicted molar refractivity (Wildman–Crippen MR) is 80.4 cm³/mol. The molecule has 4 heteroatoms. The zero-order chi connectivity index (χ0) is 14.1. The highest BCUT2D eigenvalue weighted by Crippen LogP contribution is 2.36. The number of nitrogens with one attached hydrogen (secondary N) is 1. The molecule has 0 saturated heterocycles. The maximum atomic E-state index is 6.26. The number of benzene rings is 1. The first-order valence-electron chi connectivity index (χ1n) is 6.92. The molecular formula is C15H24ClNO2. The topological polar surface area (TPSA) is 30.5 Å². The molecule has 0 amide bonds. The van der Waals surface area contributed by atoms with Crippen molar-refractivity contribution in [2.24, 2.45) is 0 Å². The fraction of sp³-hybridized carbons (Fsp3) is 0.600. The zero-order valence-corrected chi connectivity index (χ0v) is 12.8. The number of hydrogen-bond acceptors (Lipinski definition) is 3. The minimum atomic E-state index is 0.611. The predicted octanol–water partition coefficient (Wildman–Crippen LogP) is 4.03. The minimum absolute atomic E-state index is 0.611. The Bertz CT molecular complexity index is 383. The summed E-state index contributed by atoms with van der Waals surface area (Å²) < 4.78 is 11.0. The molecule has 0 aliphatic heterocycles. The Morgan fingerprint density at radius 1 is 1.21 bits per heavy atom. The van der Waals surface area contributed by atoms with E-state index in [-0.39, 0.29) is 0 Å². The zero-order valence-electron chi connectivity index (χ0n) is 12.1. The van der Waals surface area contributed by atoms with Crippen LogP contribution >= 0.6 is 11.6 Å². The number of halogens is 1. The van der Waals surface area contributed by atoms with Gasteiger partial charge in [-0.15, -0.1) is 0 Å². The number of methoxy groups -OCH3 is 1. The van der Waals surface area contributed by atoms with Crippen LogP contribution < -0.4 is 14.8 Å². The van der Waals surface area contributed by atoms with Crippen LogP contribution in [0.1, 0.15) is 38.7 Å². The lowest BCUT2D eigenvalue weighted by Gasteiger charge is -2.14. The lowest BCUT2D eigenvalue weighted by atomic mass is 10.2. The van der Waals surface area contributed by atoms with Crippen molar-refractivity contribution in [2.75, 3.05) is 20.3 Å². The van der Waals surface area contributed by atoms with Gasteiger partial charge in [0.1, 0.15) is 0 Å². The molecule has 0 aliphatic carbocycles. The molecule has 3 nitrogen and oxygen atoms in total. The van der Waals surface area contributed by atoms with Crippen molar-refractivity contribution in [1.29, 1.82) is 0 Å². The SMILES string of the molecule is CCCCNCc1cc(Cl)c(OCCC)c(OC)c1. The van der Waals surface area contributed by atoms with Crippen LogP contribution in [0.4, 0.5) is 0 Å². The third-order valence-corrected chi connectivity index (χ3v) is 3.06. The Hall–Kier alpha value is -0.930.